The molecular formula is C22H48O3P+. The van der Waals surface area contributed by atoms with E-state index in [0.717, 1.165) is 12.8 Å². The first-order chi connectivity index (χ1) is 12.7. The second-order valence-electron chi connectivity index (χ2n) is 7.37. The van der Waals surface area contributed by atoms with Crippen LogP contribution in [-0.2, 0) is 9.09 Å². The van der Waals surface area contributed by atoms with Crippen LogP contribution in [0.2, 0.25) is 0 Å². The summed E-state index contributed by atoms with van der Waals surface area (Å²) in [6.45, 7) is 7.06. The molecule has 0 aromatic heterocycles. The Bertz CT molecular complexity index is 258. The van der Waals surface area contributed by atoms with Gasteiger partial charge in [0.25, 0.3) is 0 Å². The molecule has 3 nitrogen and oxygen atoms in total. The van der Waals surface area contributed by atoms with Gasteiger partial charge < -0.3 is 0 Å². The predicted molar refractivity (Wildman–Crippen MR) is 116 cm³/mol. The van der Waals surface area contributed by atoms with Gasteiger partial charge in [0.2, 0.25) is 0 Å². The SMILES string of the molecule is CCCC.CCCCCCCCCCCCCCCCCCO[P+](=O)O. The minimum absolute atomic E-state index is 0.421. The summed E-state index contributed by atoms with van der Waals surface area (Å²) in [6.07, 6.45) is 24.0. The predicted octanol–water partition coefficient (Wildman–Crippen LogP) is 8.72. The molecule has 0 fully saturated rings. The molecule has 0 radical (unpaired) electrons. The smallest absolute Gasteiger partial charge is 0.133 e. The second kappa shape index (κ2) is 27.2. The lowest BCUT2D eigenvalue weighted by atomic mass is 10.0. The molecule has 0 aliphatic rings. The maximum Gasteiger partial charge on any atom is 0.694 e. The Labute approximate surface area is 165 Å². The van der Waals surface area contributed by atoms with Gasteiger partial charge in [-0.3, -0.25) is 0 Å². The van der Waals surface area contributed by atoms with Crippen LogP contribution in [0.25, 0.3) is 0 Å². The van der Waals surface area contributed by atoms with Gasteiger partial charge >= 0.3 is 8.25 Å². The van der Waals surface area contributed by atoms with E-state index in [-0.39, 0.29) is 0 Å². The molecule has 0 saturated carbocycles. The highest BCUT2D eigenvalue weighted by Crippen LogP contribution is 2.16. The minimum Gasteiger partial charge on any atom is -0.133 e. The van der Waals surface area contributed by atoms with Gasteiger partial charge in [-0.05, 0) is 6.42 Å². The highest BCUT2D eigenvalue weighted by atomic mass is 31.1. The van der Waals surface area contributed by atoms with Crippen molar-refractivity contribution in [2.45, 2.75) is 136 Å². The molecule has 26 heavy (non-hydrogen) atoms. The van der Waals surface area contributed by atoms with Crippen molar-refractivity contribution in [1.82, 2.24) is 0 Å². The summed E-state index contributed by atoms with van der Waals surface area (Å²) in [5, 5.41) is 0. The van der Waals surface area contributed by atoms with E-state index in [0.29, 0.717) is 6.61 Å². The number of rotatable bonds is 19. The third-order valence-electron chi connectivity index (χ3n) is 4.70. The van der Waals surface area contributed by atoms with E-state index in [9.17, 15) is 4.57 Å². The highest BCUT2D eigenvalue weighted by molar-refractivity contribution is 7.32. The zero-order chi connectivity index (χ0) is 19.7. The summed E-state index contributed by atoms with van der Waals surface area (Å²) < 4.78 is 14.9. The van der Waals surface area contributed by atoms with Crippen LogP contribution in [0.3, 0.4) is 0 Å². The molecule has 0 bridgehead atoms. The van der Waals surface area contributed by atoms with Crippen molar-refractivity contribution in [1.29, 1.82) is 0 Å². The summed E-state index contributed by atoms with van der Waals surface area (Å²) >= 11 is 0. The summed E-state index contributed by atoms with van der Waals surface area (Å²) in [4.78, 5) is 8.46. The van der Waals surface area contributed by atoms with E-state index < -0.39 is 8.25 Å². The van der Waals surface area contributed by atoms with Crippen LogP contribution in [0.5, 0.6) is 0 Å². The normalized spacial score (nSPS) is 11.2. The first kappa shape index (κ1) is 28.2. The van der Waals surface area contributed by atoms with Crippen molar-refractivity contribution in [2.24, 2.45) is 0 Å². The van der Waals surface area contributed by atoms with Crippen LogP contribution >= 0.6 is 8.25 Å². The van der Waals surface area contributed by atoms with Gasteiger partial charge in [0.05, 0.1) is 0 Å². The maximum atomic E-state index is 10.3. The summed E-state index contributed by atoms with van der Waals surface area (Å²) in [5.41, 5.74) is 0. The second-order valence-corrected chi connectivity index (χ2v) is 8.11. The Hall–Kier alpha value is 0.0200. The minimum atomic E-state index is -2.39. The van der Waals surface area contributed by atoms with Gasteiger partial charge in [-0.2, -0.15) is 0 Å². The van der Waals surface area contributed by atoms with Gasteiger partial charge in [-0.15, -0.1) is 9.42 Å². The molecule has 0 aromatic carbocycles. The number of unbranched alkanes of at least 4 members (excludes halogenated alkanes) is 16. The first-order valence-corrected chi connectivity index (χ1v) is 12.6. The third-order valence-corrected chi connectivity index (χ3v) is 5.10. The molecule has 0 rings (SSSR count). The molecule has 0 aliphatic carbocycles. The molecule has 1 unspecified atom stereocenters. The fourth-order valence-electron chi connectivity index (χ4n) is 2.79. The maximum absolute atomic E-state index is 10.3. The zero-order valence-corrected chi connectivity index (χ0v) is 19.0. The molecule has 158 valence electrons. The molecule has 0 amide bonds. The molecule has 0 spiro atoms. The molecule has 1 atom stereocenters. The Morgan fingerprint density at radius 3 is 1.12 bits per heavy atom. The Morgan fingerprint density at radius 1 is 0.538 bits per heavy atom. The monoisotopic (exact) mass is 391 g/mol. The van der Waals surface area contributed by atoms with Crippen molar-refractivity contribution < 1.29 is 14.0 Å². The summed E-state index contributed by atoms with van der Waals surface area (Å²) in [6, 6.07) is 0. The van der Waals surface area contributed by atoms with E-state index in [1.165, 1.54) is 103 Å². The van der Waals surface area contributed by atoms with E-state index in [2.05, 4.69) is 25.3 Å². The topological polar surface area (TPSA) is 46.5 Å². The summed E-state index contributed by atoms with van der Waals surface area (Å²) in [7, 11) is -2.39. The van der Waals surface area contributed by atoms with Gasteiger partial charge in [0.1, 0.15) is 6.61 Å². The van der Waals surface area contributed by atoms with Crippen LogP contribution in [0.4, 0.5) is 0 Å². The van der Waals surface area contributed by atoms with Crippen LogP contribution in [0.1, 0.15) is 136 Å². The van der Waals surface area contributed by atoms with Crippen molar-refractivity contribution in [3.05, 3.63) is 0 Å². The van der Waals surface area contributed by atoms with Gasteiger partial charge in [-0.25, -0.2) is 0 Å². The molecule has 4 heteroatoms. The average molecular weight is 392 g/mol. The third kappa shape index (κ3) is 31.8. The zero-order valence-electron chi connectivity index (χ0n) is 18.1. The van der Waals surface area contributed by atoms with Crippen molar-refractivity contribution in [2.75, 3.05) is 6.61 Å². The Kier molecular flexibility index (Phi) is 29.6. The molecule has 0 saturated heterocycles. The standard InChI is InChI=1S/C18H37O3P.C4H10/c1-2-3-4-5-6-7-8-9-10-11-12-13-14-15-16-17-18-21-22(19)20;1-3-4-2/h2-18H2,1H3;3-4H2,1-2H3/p+1. The lowest BCUT2D eigenvalue weighted by Crippen LogP contribution is -1.87. The highest BCUT2D eigenvalue weighted by Gasteiger charge is 2.09. The molecule has 0 aliphatic heterocycles. The number of hydrogen-bond acceptors (Lipinski definition) is 2. The van der Waals surface area contributed by atoms with E-state index >= 15 is 0 Å². The lowest BCUT2D eigenvalue weighted by molar-refractivity contribution is 0.273. The fraction of sp³-hybridized carbons (Fsp3) is 1.00. The van der Waals surface area contributed by atoms with Crippen LogP contribution in [0, 0.1) is 0 Å². The molecular weight excluding hydrogens is 343 g/mol. The van der Waals surface area contributed by atoms with Crippen molar-refractivity contribution in [3.8, 4) is 0 Å². The largest absolute Gasteiger partial charge is 0.694 e. The summed E-state index contributed by atoms with van der Waals surface area (Å²) in [5.74, 6) is 0. The van der Waals surface area contributed by atoms with E-state index in [1.807, 2.05) is 0 Å². The average Bonchev–Trinajstić information content (AvgIpc) is 2.64. The van der Waals surface area contributed by atoms with E-state index in [1.54, 1.807) is 0 Å². The van der Waals surface area contributed by atoms with Gasteiger partial charge in [-0.1, -0.05) is 130 Å². The van der Waals surface area contributed by atoms with Crippen LogP contribution in [0.15, 0.2) is 0 Å². The van der Waals surface area contributed by atoms with Crippen molar-refractivity contribution >= 4 is 8.25 Å². The Balaban J connectivity index is 0. The van der Waals surface area contributed by atoms with Gasteiger partial charge in [0.15, 0.2) is 0 Å². The molecule has 0 heterocycles. The first-order valence-electron chi connectivity index (χ1n) is 11.5. The van der Waals surface area contributed by atoms with Crippen LogP contribution in [-0.4, -0.2) is 11.5 Å². The Morgan fingerprint density at radius 2 is 0.846 bits per heavy atom. The van der Waals surface area contributed by atoms with Gasteiger partial charge in [0, 0.05) is 4.57 Å². The molecule has 1 N–H and O–H groups in total. The van der Waals surface area contributed by atoms with Crippen molar-refractivity contribution in [3.63, 3.8) is 0 Å². The number of hydrogen-bond donors (Lipinski definition) is 1. The van der Waals surface area contributed by atoms with Crippen LogP contribution < -0.4 is 0 Å². The quantitative estimate of drug-likeness (QED) is 0.177. The lowest BCUT2D eigenvalue weighted by Gasteiger charge is -2.03. The molecule has 0 aromatic rings. The van der Waals surface area contributed by atoms with E-state index in [4.69, 9.17) is 4.89 Å². The fourth-order valence-corrected chi connectivity index (χ4v) is 3.08.